The number of hydrogen-bond acceptors (Lipinski definition) is 4. The van der Waals surface area contributed by atoms with E-state index >= 15 is 0 Å². The van der Waals surface area contributed by atoms with Crippen molar-refractivity contribution in [3.63, 3.8) is 0 Å². The molecule has 2 aromatic rings. The first-order valence-corrected chi connectivity index (χ1v) is 7.61. The van der Waals surface area contributed by atoms with E-state index in [-0.39, 0.29) is 5.78 Å². The van der Waals surface area contributed by atoms with Crippen molar-refractivity contribution >= 4 is 17.1 Å². The monoisotopic (exact) mass is 289 g/mol. The molecule has 1 aromatic carbocycles. The number of benzene rings is 1. The van der Waals surface area contributed by atoms with E-state index in [9.17, 15) is 4.79 Å². The van der Waals surface area contributed by atoms with E-state index in [0.717, 1.165) is 34.2 Å². The third-order valence-electron chi connectivity index (χ3n) is 3.09. The van der Waals surface area contributed by atoms with Crippen LogP contribution in [0.25, 0.3) is 0 Å². The number of aryl methyl sites for hydroxylation is 2. The van der Waals surface area contributed by atoms with Crippen LogP contribution in [0, 0.1) is 6.92 Å². The Labute approximate surface area is 123 Å². The maximum Gasteiger partial charge on any atom is 0.171 e. The Balaban J connectivity index is 1.96. The minimum atomic E-state index is 0.0866. The number of carbonyl (C=O) groups is 1. The fourth-order valence-corrected chi connectivity index (χ4v) is 3.01. The lowest BCUT2D eigenvalue weighted by Crippen LogP contribution is -2.02. The number of hydrogen-bond donors (Lipinski definition) is 0. The van der Waals surface area contributed by atoms with Crippen LogP contribution in [-0.4, -0.2) is 17.4 Å². The van der Waals surface area contributed by atoms with Gasteiger partial charge in [-0.2, -0.15) is 0 Å². The fraction of sp³-hybridized carbons (Fsp3) is 0.375. The minimum absolute atomic E-state index is 0.0866. The molecule has 0 spiro atoms. The summed E-state index contributed by atoms with van der Waals surface area (Å²) in [6, 6.07) is 8.08. The Bertz CT molecular complexity index is 604. The molecule has 1 heterocycles. The van der Waals surface area contributed by atoms with Crippen LogP contribution in [0.5, 0.6) is 5.75 Å². The van der Waals surface area contributed by atoms with Gasteiger partial charge in [0, 0.05) is 13.3 Å². The maximum absolute atomic E-state index is 11.4. The summed E-state index contributed by atoms with van der Waals surface area (Å²) < 4.78 is 5.82. The highest BCUT2D eigenvalue weighted by molar-refractivity contribution is 7.13. The standard InChI is InChI=1S/C16H19NO2S/c1-4-13-7-5-6-8-14(13)19-10-9-15-17-11(2)16(20-15)12(3)18/h5-8H,4,9-10H2,1-3H3. The SMILES string of the molecule is CCc1ccccc1OCCc1nc(C)c(C(C)=O)s1. The zero-order valence-corrected chi connectivity index (χ0v) is 12.9. The van der Waals surface area contributed by atoms with E-state index < -0.39 is 0 Å². The second-order valence-electron chi connectivity index (χ2n) is 4.64. The van der Waals surface area contributed by atoms with Crippen molar-refractivity contribution in [2.45, 2.75) is 33.6 Å². The number of Topliss-reactive ketones (excluding diaryl/α,β-unsaturated/α-hetero) is 1. The van der Waals surface area contributed by atoms with Crippen LogP contribution in [0.2, 0.25) is 0 Å². The molecule has 106 valence electrons. The second kappa shape index (κ2) is 6.66. The van der Waals surface area contributed by atoms with E-state index in [1.165, 1.54) is 16.9 Å². The lowest BCUT2D eigenvalue weighted by Gasteiger charge is -2.09. The predicted octanol–water partition coefficient (Wildman–Crippen LogP) is 3.84. The van der Waals surface area contributed by atoms with Crippen LogP contribution in [0.15, 0.2) is 24.3 Å². The molecule has 0 radical (unpaired) electrons. The highest BCUT2D eigenvalue weighted by Gasteiger charge is 2.11. The molecule has 3 nitrogen and oxygen atoms in total. The third-order valence-corrected chi connectivity index (χ3v) is 4.41. The Kier molecular flexibility index (Phi) is 4.90. The van der Waals surface area contributed by atoms with Crippen molar-refractivity contribution in [3.05, 3.63) is 45.4 Å². The van der Waals surface area contributed by atoms with Gasteiger partial charge in [-0.25, -0.2) is 4.98 Å². The van der Waals surface area contributed by atoms with Gasteiger partial charge in [-0.05, 0) is 25.0 Å². The van der Waals surface area contributed by atoms with E-state index in [0.29, 0.717) is 6.61 Å². The molecule has 0 fully saturated rings. The summed E-state index contributed by atoms with van der Waals surface area (Å²) in [7, 11) is 0. The minimum Gasteiger partial charge on any atom is -0.493 e. The van der Waals surface area contributed by atoms with Gasteiger partial charge in [-0.15, -0.1) is 11.3 Å². The Hall–Kier alpha value is -1.68. The first-order valence-electron chi connectivity index (χ1n) is 6.79. The highest BCUT2D eigenvalue weighted by atomic mass is 32.1. The van der Waals surface area contributed by atoms with Gasteiger partial charge in [0.25, 0.3) is 0 Å². The smallest absolute Gasteiger partial charge is 0.171 e. The average molecular weight is 289 g/mol. The van der Waals surface area contributed by atoms with E-state index in [1.807, 2.05) is 25.1 Å². The normalized spacial score (nSPS) is 10.6. The summed E-state index contributed by atoms with van der Waals surface area (Å²) >= 11 is 1.47. The Morgan fingerprint density at radius 2 is 2.10 bits per heavy atom. The van der Waals surface area contributed by atoms with Gasteiger partial charge < -0.3 is 4.74 Å². The molecule has 1 aromatic heterocycles. The van der Waals surface area contributed by atoms with Gasteiger partial charge in [0.15, 0.2) is 5.78 Å². The molecule has 0 atom stereocenters. The number of rotatable bonds is 6. The Morgan fingerprint density at radius 3 is 2.75 bits per heavy atom. The van der Waals surface area contributed by atoms with Gasteiger partial charge in [0.2, 0.25) is 0 Å². The first-order chi connectivity index (χ1) is 9.61. The molecule has 2 rings (SSSR count). The number of thiazole rings is 1. The molecular formula is C16H19NO2S. The van der Waals surface area contributed by atoms with Crippen molar-refractivity contribution < 1.29 is 9.53 Å². The number of ether oxygens (including phenoxy) is 1. The van der Waals surface area contributed by atoms with Gasteiger partial charge in [0.05, 0.1) is 22.2 Å². The summed E-state index contributed by atoms with van der Waals surface area (Å²) in [4.78, 5) is 16.6. The third kappa shape index (κ3) is 3.45. The molecular weight excluding hydrogens is 270 g/mol. The zero-order chi connectivity index (χ0) is 14.5. The molecule has 0 amide bonds. The van der Waals surface area contributed by atoms with E-state index in [2.05, 4.69) is 18.0 Å². The van der Waals surface area contributed by atoms with E-state index in [4.69, 9.17) is 4.74 Å². The second-order valence-corrected chi connectivity index (χ2v) is 5.72. The van der Waals surface area contributed by atoms with Crippen molar-refractivity contribution in [3.8, 4) is 5.75 Å². The van der Waals surface area contributed by atoms with E-state index in [1.54, 1.807) is 6.92 Å². The summed E-state index contributed by atoms with van der Waals surface area (Å²) in [5.74, 6) is 1.03. The number of nitrogens with zero attached hydrogens (tertiary/aromatic N) is 1. The molecule has 0 aliphatic rings. The molecule has 0 aliphatic carbocycles. The summed E-state index contributed by atoms with van der Waals surface area (Å²) in [5.41, 5.74) is 2.04. The van der Waals surface area contributed by atoms with Crippen molar-refractivity contribution in [1.82, 2.24) is 4.98 Å². The van der Waals surface area contributed by atoms with Crippen LogP contribution < -0.4 is 4.74 Å². The van der Waals surface area contributed by atoms with Crippen LogP contribution in [0.3, 0.4) is 0 Å². The topological polar surface area (TPSA) is 39.2 Å². The quantitative estimate of drug-likeness (QED) is 0.758. The molecule has 0 saturated carbocycles. The van der Waals surface area contributed by atoms with Crippen LogP contribution in [-0.2, 0) is 12.8 Å². The summed E-state index contributed by atoms with van der Waals surface area (Å²) in [5, 5.41) is 0.960. The van der Waals surface area contributed by atoms with Crippen molar-refractivity contribution in [2.75, 3.05) is 6.61 Å². The number of aromatic nitrogens is 1. The summed E-state index contributed by atoms with van der Waals surface area (Å²) in [6.45, 7) is 6.16. The van der Waals surface area contributed by atoms with Crippen molar-refractivity contribution in [1.29, 1.82) is 0 Å². The molecule has 20 heavy (non-hydrogen) atoms. The average Bonchev–Trinajstić information content (AvgIpc) is 2.80. The molecule has 0 aliphatic heterocycles. The largest absolute Gasteiger partial charge is 0.493 e. The van der Waals surface area contributed by atoms with Crippen LogP contribution in [0.4, 0.5) is 0 Å². The number of ketones is 1. The van der Waals surface area contributed by atoms with Gasteiger partial charge in [-0.1, -0.05) is 25.1 Å². The Morgan fingerprint density at radius 1 is 1.35 bits per heavy atom. The fourth-order valence-electron chi connectivity index (χ4n) is 2.07. The molecule has 0 bridgehead atoms. The predicted molar refractivity (Wildman–Crippen MR) is 81.9 cm³/mol. The van der Waals surface area contributed by atoms with Crippen molar-refractivity contribution in [2.24, 2.45) is 0 Å². The molecule has 0 N–H and O–H groups in total. The lowest BCUT2D eigenvalue weighted by molar-refractivity contribution is 0.102. The first kappa shape index (κ1) is 14.7. The zero-order valence-electron chi connectivity index (χ0n) is 12.1. The number of carbonyl (C=O) groups excluding carboxylic acids is 1. The van der Waals surface area contributed by atoms with Crippen LogP contribution in [0.1, 0.15) is 39.8 Å². The molecule has 0 unspecified atom stereocenters. The lowest BCUT2D eigenvalue weighted by atomic mass is 10.1. The van der Waals surface area contributed by atoms with Gasteiger partial charge in [0.1, 0.15) is 5.75 Å². The molecule has 4 heteroatoms. The number of para-hydroxylation sites is 1. The summed E-state index contributed by atoms with van der Waals surface area (Å²) in [6.07, 6.45) is 1.69. The van der Waals surface area contributed by atoms with Crippen LogP contribution >= 0.6 is 11.3 Å². The maximum atomic E-state index is 11.4. The highest BCUT2D eigenvalue weighted by Crippen LogP contribution is 2.21. The molecule has 0 saturated heterocycles. The van der Waals surface area contributed by atoms with Gasteiger partial charge >= 0.3 is 0 Å². The van der Waals surface area contributed by atoms with Gasteiger partial charge in [-0.3, -0.25) is 4.79 Å².